The van der Waals surface area contributed by atoms with E-state index >= 15 is 0 Å². The van der Waals surface area contributed by atoms with Crippen molar-refractivity contribution < 1.29 is 26.8 Å². The van der Waals surface area contributed by atoms with Crippen molar-refractivity contribution in [1.82, 2.24) is 5.32 Å². The van der Waals surface area contributed by atoms with Gasteiger partial charge in [0.05, 0.1) is 24.1 Å². The van der Waals surface area contributed by atoms with Gasteiger partial charge in [0.1, 0.15) is 22.9 Å². The third-order valence-corrected chi connectivity index (χ3v) is 6.71. The van der Waals surface area contributed by atoms with Crippen LogP contribution in [0.25, 0.3) is 33.4 Å². The monoisotopic (exact) mass is 482 g/mol. The fraction of sp³-hybridized carbons (Fsp3) is 0.160. The van der Waals surface area contributed by atoms with Crippen LogP contribution in [-0.2, 0) is 10.0 Å². The molecule has 176 valence electrons. The number of halogens is 1. The molecule has 0 fully saturated rings. The smallest absolute Gasteiger partial charge is 0.255 e. The van der Waals surface area contributed by atoms with E-state index in [1.54, 1.807) is 30.3 Å². The van der Waals surface area contributed by atoms with Crippen molar-refractivity contribution >= 4 is 32.6 Å². The predicted octanol–water partition coefficient (Wildman–Crippen LogP) is 5.04. The number of fused-ring (bicyclic) bond motifs is 1. The molecular weight excluding hydrogens is 459 g/mol. The molecule has 0 saturated carbocycles. The van der Waals surface area contributed by atoms with Gasteiger partial charge in [0.25, 0.3) is 5.91 Å². The number of sulfonamides is 1. The number of hydrogen-bond acceptors (Lipinski definition) is 5. The number of anilines is 1. The molecule has 1 aromatic heterocycles. The first kappa shape index (κ1) is 23.3. The Bertz CT molecular complexity index is 1480. The maximum absolute atomic E-state index is 13.5. The number of carbonyl (C=O) groups is 1. The van der Waals surface area contributed by atoms with Gasteiger partial charge in [-0.1, -0.05) is 12.1 Å². The highest BCUT2D eigenvalue weighted by Gasteiger charge is 2.24. The number of nitrogens with one attached hydrogen (secondary N) is 2. The Morgan fingerprint density at radius 3 is 2.44 bits per heavy atom. The van der Waals surface area contributed by atoms with Gasteiger partial charge in [-0.25, -0.2) is 12.8 Å². The minimum absolute atomic E-state index is 0.120. The first-order valence-electron chi connectivity index (χ1n) is 10.5. The fourth-order valence-electron chi connectivity index (χ4n) is 3.65. The van der Waals surface area contributed by atoms with Gasteiger partial charge in [-0.05, 0) is 55.0 Å². The number of benzene rings is 3. The molecule has 0 radical (unpaired) electrons. The second-order valence-electron chi connectivity index (χ2n) is 7.52. The number of carbonyl (C=O) groups excluding carboxylic acids is 1. The van der Waals surface area contributed by atoms with Crippen LogP contribution in [0.4, 0.5) is 10.1 Å². The molecule has 7 nitrogen and oxygen atoms in total. The Labute approximate surface area is 196 Å². The normalized spacial score (nSPS) is 11.4. The molecule has 0 bridgehead atoms. The van der Waals surface area contributed by atoms with Crippen LogP contribution in [0.3, 0.4) is 0 Å². The molecule has 34 heavy (non-hydrogen) atoms. The van der Waals surface area contributed by atoms with Crippen molar-refractivity contribution in [2.45, 2.75) is 6.92 Å². The molecule has 0 atom stereocenters. The summed E-state index contributed by atoms with van der Waals surface area (Å²) < 4.78 is 52.3. The number of methoxy groups -OCH3 is 1. The molecule has 0 spiro atoms. The average molecular weight is 483 g/mol. The van der Waals surface area contributed by atoms with E-state index in [1.807, 2.05) is 6.07 Å². The van der Waals surface area contributed by atoms with Crippen molar-refractivity contribution in [3.63, 3.8) is 0 Å². The van der Waals surface area contributed by atoms with Gasteiger partial charge in [-0.3, -0.25) is 9.52 Å². The topological polar surface area (TPSA) is 97.6 Å². The van der Waals surface area contributed by atoms with Gasteiger partial charge in [0, 0.05) is 29.6 Å². The molecule has 4 aromatic rings. The molecule has 4 rings (SSSR count). The van der Waals surface area contributed by atoms with Crippen LogP contribution in [0.2, 0.25) is 0 Å². The highest BCUT2D eigenvalue weighted by Crippen LogP contribution is 2.40. The second-order valence-corrected chi connectivity index (χ2v) is 9.53. The van der Waals surface area contributed by atoms with E-state index < -0.39 is 21.7 Å². The van der Waals surface area contributed by atoms with Crippen LogP contribution < -0.4 is 14.8 Å². The lowest BCUT2D eigenvalue weighted by Gasteiger charge is -2.13. The molecule has 1 heterocycles. The lowest BCUT2D eigenvalue weighted by molar-refractivity contribution is 0.0964. The van der Waals surface area contributed by atoms with Crippen molar-refractivity contribution in [1.29, 1.82) is 0 Å². The number of ether oxygens (including phenoxy) is 1. The maximum Gasteiger partial charge on any atom is 0.255 e. The summed E-state index contributed by atoms with van der Waals surface area (Å²) in [6.07, 6.45) is 0. The first-order valence-corrected chi connectivity index (χ1v) is 12.1. The van der Waals surface area contributed by atoms with Gasteiger partial charge in [-0.15, -0.1) is 0 Å². The van der Waals surface area contributed by atoms with Gasteiger partial charge >= 0.3 is 0 Å². The Kier molecular flexibility index (Phi) is 6.30. The number of amides is 1. The lowest BCUT2D eigenvalue weighted by Crippen LogP contribution is -2.18. The SMILES string of the molecule is CCS(=O)(=O)Nc1cc2oc(-c3ccc(F)cc3)c(C(=O)NC)c2cc1-c1cccc(OC)c1. The molecule has 0 saturated heterocycles. The van der Waals surface area contributed by atoms with E-state index in [9.17, 15) is 17.6 Å². The molecule has 0 aliphatic carbocycles. The number of hydrogen-bond donors (Lipinski definition) is 2. The standard InChI is InChI=1S/C25H23FN2O5S/c1-4-34(30,31)28-21-14-22-20(13-19(21)16-6-5-7-18(12-16)32-3)23(25(29)27-2)24(33-22)15-8-10-17(26)11-9-15/h5-14,28H,4H2,1-3H3,(H,27,29). The third-order valence-electron chi connectivity index (χ3n) is 5.41. The van der Waals surface area contributed by atoms with Crippen LogP contribution >= 0.6 is 0 Å². The number of furan rings is 1. The van der Waals surface area contributed by atoms with Crippen LogP contribution in [0, 0.1) is 5.82 Å². The van der Waals surface area contributed by atoms with E-state index in [0.717, 1.165) is 0 Å². The Hall–Kier alpha value is -3.85. The second kappa shape index (κ2) is 9.18. The number of rotatable bonds is 7. The quantitative estimate of drug-likeness (QED) is 0.385. The van der Waals surface area contributed by atoms with Crippen molar-refractivity contribution in [2.75, 3.05) is 24.6 Å². The largest absolute Gasteiger partial charge is 0.497 e. The summed E-state index contributed by atoms with van der Waals surface area (Å²) in [5.74, 6) is -0.0889. The zero-order valence-electron chi connectivity index (χ0n) is 18.8. The third kappa shape index (κ3) is 4.47. The van der Waals surface area contributed by atoms with Crippen molar-refractivity contribution in [2.24, 2.45) is 0 Å². The first-order chi connectivity index (χ1) is 16.3. The molecule has 0 unspecified atom stereocenters. The van der Waals surface area contributed by atoms with Crippen LogP contribution in [-0.4, -0.2) is 34.2 Å². The minimum Gasteiger partial charge on any atom is -0.497 e. The van der Waals surface area contributed by atoms with E-state index in [-0.39, 0.29) is 17.1 Å². The van der Waals surface area contributed by atoms with Gasteiger partial charge < -0.3 is 14.5 Å². The Balaban J connectivity index is 2.04. The van der Waals surface area contributed by atoms with E-state index in [2.05, 4.69) is 10.0 Å². The van der Waals surface area contributed by atoms with Gasteiger partial charge in [0.15, 0.2) is 0 Å². The molecule has 0 aliphatic rings. The highest BCUT2D eigenvalue weighted by atomic mass is 32.2. The Morgan fingerprint density at radius 1 is 1.06 bits per heavy atom. The summed E-state index contributed by atoms with van der Waals surface area (Å²) in [7, 11) is -0.571. The van der Waals surface area contributed by atoms with Crippen LogP contribution in [0.5, 0.6) is 5.75 Å². The maximum atomic E-state index is 13.5. The van der Waals surface area contributed by atoms with Crippen molar-refractivity contribution in [3.05, 3.63) is 72.0 Å². The van der Waals surface area contributed by atoms with Gasteiger partial charge in [0.2, 0.25) is 10.0 Å². The zero-order chi connectivity index (χ0) is 24.5. The molecule has 1 amide bonds. The Morgan fingerprint density at radius 2 is 1.79 bits per heavy atom. The average Bonchev–Trinajstić information content (AvgIpc) is 3.21. The zero-order valence-corrected chi connectivity index (χ0v) is 19.6. The minimum atomic E-state index is -3.61. The molecule has 2 N–H and O–H groups in total. The summed E-state index contributed by atoms with van der Waals surface area (Å²) in [6, 6.07) is 16.0. The van der Waals surface area contributed by atoms with E-state index in [1.165, 1.54) is 45.3 Å². The summed E-state index contributed by atoms with van der Waals surface area (Å²) >= 11 is 0. The summed E-state index contributed by atoms with van der Waals surface area (Å²) in [5.41, 5.74) is 2.60. The molecule has 0 aliphatic heterocycles. The van der Waals surface area contributed by atoms with Crippen molar-refractivity contribution in [3.8, 4) is 28.2 Å². The molecular formula is C25H23FN2O5S. The summed E-state index contributed by atoms with van der Waals surface area (Å²) in [5, 5.41) is 3.10. The van der Waals surface area contributed by atoms with E-state index in [4.69, 9.17) is 9.15 Å². The van der Waals surface area contributed by atoms with Crippen LogP contribution in [0.15, 0.2) is 65.1 Å². The lowest BCUT2D eigenvalue weighted by atomic mass is 9.98. The van der Waals surface area contributed by atoms with Gasteiger partial charge in [-0.2, -0.15) is 0 Å². The fourth-order valence-corrected chi connectivity index (χ4v) is 4.30. The predicted molar refractivity (Wildman–Crippen MR) is 130 cm³/mol. The highest BCUT2D eigenvalue weighted by molar-refractivity contribution is 7.92. The van der Waals surface area contributed by atoms with E-state index in [0.29, 0.717) is 39.1 Å². The van der Waals surface area contributed by atoms with Crippen LogP contribution in [0.1, 0.15) is 17.3 Å². The summed E-state index contributed by atoms with van der Waals surface area (Å²) in [4.78, 5) is 12.9. The summed E-state index contributed by atoms with van der Waals surface area (Å²) in [6.45, 7) is 1.54. The molecule has 3 aromatic carbocycles. The molecule has 9 heteroatoms.